The average Bonchev–Trinajstić information content (AvgIpc) is 2.83. The standard InChI is InChI=1S/C13H17N3O3/c1-9-15-16-13(19-9)8-18-12-6-11(17-3)5-4-10(12)7-14-2/h4-6,14H,7-8H2,1-3H3. The number of rotatable bonds is 6. The van der Waals surface area contributed by atoms with Gasteiger partial charge in [0.05, 0.1) is 7.11 Å². The van der Waals surface area contributed by atoms with Crippen molar-refractivity contribution in [1.29, 1.82) is 0 Å². The van der Waals surface area contributed by atoms with Crippen molar-refractivity contribution in [3.63, 3.8) is 0 Å². The molecule has 102 valence electrons. The highest BCUT2D eigenvalue weighted by atomic mass is 16.5. The molecule has 0 aliphatic rings. The van der Waals surface area contributed by atoms with Crippen molar-refractivity contribution in [3.8, 4) is 11.5 Å². The van der Waals surface area contributed by atoms with Gasteiger partial charge < -0.3 is 19.2 Å². The number of hydrogen-bond donors (Lipinski definition) is 1. The van der Waals surface area contributed by atoms with Crippen LogP contribution >= 0.6 is 0 Å². The third-order valence-electron chi connectivity index (χ3n) is 2.56. The van der Waals surface area contributed by atoms with Crippen molar-refractivity contribution >= 4 is 0 Å². The Bertz CT molecular complexity index is 540. The van der Waals surface area contributed by atoms with Crippen LogP contribution in [-0.2, 0) is 13.2 Å². The van der Waals surface area contributed by atoms with E-state index in [0.717, 1.165) is 17.1 Å². The number of nitrogens with one attached hydrogen (secondary N) is 1. The summed E-state index contributed by atoms with van der Waals surface area (Å²) >= 11 is 0. The molecule has 6 nitrogen and oxygen atoms in total. The van der Waals surface area contributed by atoms with Crippen LogP contribution in [0.1, 0.15) is 17.3 Å². The van der Waals surface area contributed by atoms with E-state index in [-0.39, 0.29) is 6.61 Å². The number of aryl methyl sites for hydroxylation is 1. The molecule has 0 radical (unpaired) electrons. The van der Waals surface area contributed by atoms with Gasteiger partial charge in [-0.15, -0.1) is 10.2 Å². The molecule has 0 atom stereocenters. The Kier molecular flexibility index (Phi) is 4.35. The number of methoxy groups -OCH3 is 1. The summed E-state index contributed by atoms with van der Waals surface area (Å²) in [6, 6.07) is 5.70. The number of nitrogens with zero attached hydrogens (tertiary/aromatic N) is 2. The highest BCUT2D eigenvalue weighted by Crippen LogP contribution is 2.25. The monoisotopic (exact) mass is 263 g/mol. The fourth-order valence-electron chi connectivity index (χ4n) is 1.67. The minimum absolute atomic E-state index is 0.241. The van der Waals surface area contributed by atoms with E-state index in [4.69, 9.17) is 13.9 Å². The van der Waals surface area contributed by atoms with Gasteiger partial charge in [0.1, 0.15) is 11.5 Å². The molecule has 2 rings (SSSR count). The van der Waals surface area contributed by atoms with Gasteiger partial charge in [0.15, 0.2) is 6.61 Å². The second-order valence-electron chi connectivity index (χ2n) is 4.01. The van der Waals surface area contributed by atoms with Gasteiger partial charge in [-0.2, -0.15) is 0 Å². The van der Waals surface area contributed by atoms with Crippen LogP contribution in [0.3, 0.4) is 0 Å². The normalized spacial score (nSPS) is 10.5. The summed E-state index contributed by atoms with van der Waals surface area (Å²) in [4.78, 5) is 0. The lowest BCUT2D eigenvalue weighted by Gasteiger charge is -2.11. The number of ether oxygens (including phenoxy) is 2. The molecule has 0 spiro atoms. The fraction of sp³-hybridized carbons (Fsp3) is 0.385. The maximum atomic E-state index is 5.72. The summed E-state index contributed by atoms with van der Waals surface area (Å²) < 4.78 is 16.2. The van der Waals surface area contributed by atoms with Crippen LogP contribution < -0.4 is 14.8 Å². The van der Waals surface area contributed by atoms with Gasteiger partial charge in [-0.3, -0.25) is 0 Å². The molecule has 19 heavy (non-hydrogen) atoms. The number of hydrogen-bond acceptors (Lipinski definition) is 6. The molecular weight excluding hydrogens is 246 g/mol. The van der Waals surface area contributed by atoms with E-state index in [1.54, 1.807) is 14.0 Å². The Labute approximate surface area is 111 Å². The molecule has 0 fully saturated rings. The first-order valence-corrected chi connectivity index (χ1v) is 5.96. The van der Waals surface area contributed by atoms with Crippen LogP contribution in [0.25, 0.3) is 0 Å². The van der Waals surface area contributed by atoms with E-state index in [0.29, 0.717) is 18.3 Å². The summed E-state index contributed by atoms with van der Waals surface area (Å²) in [6.45, 7) is 2.70. The van der Waals surface area contributed by atoms with Crippen molar-refractivity contribution < 1.29 is 13.9 Å². The van der Waals surface area contributed by atoms with Crippen LogP contribution in [0.5, 0.6) is 11.5 Å². The molecular formula is C13H17N3O3. The molecule has 1 N–H and O–H groups in total. The van der Waals surface area contributed by atoms with Crippen molar-refractivity contribution in [2.45, 2.75) is 20.1 Å². The summed E-state index contributed by atoms with van der Waals surface area (Å²) in [7, 11) is 3.51. The minimum Gasteiger partial charge on any atom is -0.497 e. The zero-order valence-corrected chi connectivity index (χ0v) is 11.3. The van der Waals surface area contributed by atoms with Gasteiger partial charge in [-0.1, -0.05) is 6.07 Å². The highest BCUT2D eigenvalue weighted by molar-refractivity contribution is 5.40. The molecule has 1 aromatic carbocycles. The quantitative estimate of drug-likeness (QED) is 0.855. The highest BCUT2D eigenvalue weighted by Gasteiger charge is 2.08. The molecule has 0 aliphatic carbocycles. The maximum absolute atomic E-state index is 5.72. The molecule has 0 saturated heterocycles. The Morgan fingerprint density at radius 2 is 2.16 bits per heavy atom. The Hall–Kier alpha value is -2.08. The van der Waals surface area contributed by atoms with Gasteiger partial charge in [0.2, 0.25) is 5.89 Å². The Balaban J connectivity index is 2.12. The molecule has 6 heteroatoms. The minimum atomic E-state index is 0.241. The maximum Gasteiger partial charge on any atom is 0.253 e. The fourth-order valence-corrected chi connectivity index (χ4v) is 1.67. The van der Waals surface area contributed by atoms with Crippen molar-refractivity contribution in [1.82, 2.24) is 15.5 Å². The lowest BCUT2D eigenvalue weighted by Crippen LogP contribution is -2.08. The Morgan fingerprint density at radius 3 is 2.79 bits per heavy atom. The molecule has 2 aromatic rings. The van der Waals surface area contributed by atoms with Crippen LogP contribution in [-0.4, -0.2) is 24.4 Å². The van der Waals surface area contributed by atoms with Crippen LogP contribution in [0.2, 0.25) is 0 Å². The first kappa shape index (κ1) is 13.4. The third kappa shape index (κ3) is 3.45. The summed E-state index contributed by atoms with van der Waals surface area (Å²) in [5.41, 5.74) is 1.04. The summed E-state index contributed by atoms with van der Waals surface area (Å²) in [5, 5.41) is 10.7. The van der Waals surface area contributed by atoms with E-state index in [1.165, 1.54) is 0 Å². The SMILES string of the molecule is CNCc1ccc(OC)cc1OCc1nnc(C)o1. The second-order valence-corrected chi connectivity index (χ2v) is 4.01. The van der Waals surface area contributed by atoms with Gasteiger partial charge in [-0.05, 0) is 13.1 Å². The Morgan fingerprint density at radius 1 is 1.32 bits per heavy atom. The zero-order valence-electron chi connectivity index (χ0n) is 11.3. The molecule has 1 aromatic heterocycles. The molecule has 0 unspecified atom stereocenters. The van der Waals surface area contributed by atoms with Gasteiger partial charge in [0, 0.05) is 25.1 Å². The van der Waals surface area contributed by atoms with Crippen molar-refractivity contribution in [2.75, 3.05) is 14.2 Å². The largest absolute Gasteiger partial charge is 0.497 e. The van der Waals surface area contributed by atoms with Gasteiger partial charge in [0.25, 0.3) is 5.89 Å². The first-order valence-electron chi connectivity index (χ1n) is 5.96. The molecule has 0 saturated carbocycles. The predicted octanol–water partition coefficient (Wildman–Crippen LogP) is 1.69. The summed E-state index contributed by atoms with van der Waals surface area (Å²) in [5.74, 6) is 2.47. The van der Waals surface area contributed by atoms with Crippen molar-refractivity contribution in [2.24, 2.45) is 0 Å². The average molecular weight is 263 g/mol. The van der Waals surface area contributed by atoms with Crippen LogP contribution in [0.15, 0.2) is 22.6 Å². The second kappa shape index (κ2) is 6.19. The zero-order chi connectivity index (χ0) is 13.7. The third-order valence-corrected chi connectivity index (χ3v) is 2.56. The van der Waals surface area contributed by atoms with Gasteiger partial charge in [-0.25, -0.2) is 0 Å². The van der Waals surface area contributed by atoms with E-state index >= 15 is 0 Å². The number of aromatic nitrogens is 2. The van der Waals surface area contributed by atoms with E-state index in [9.17, 15) is 0 Å². The van der Waals surface area contributed by atoms with E-state index in [2.05, 4.69) is 15.5 Å². The lowest BCUT2D eigenvalue weighted by molar-refractivity contribution is 0.256. The van der Waals surface area contributed by atoms with Crippen LogP contribution in [0, 0.1) is 6.92 Å². The lowest BCUT2D eigenvalue weighted by atomic mass is 10.2. The predicted molar refractivity (Wildman–Crippen MR) is 69.1 cm³/mol. The molecule has 0 amide bonds. The number of benzene rings is 1. The topological polar surface area (TPSA) is 69.4 Å². The van der Waals surface area contributed by atoms with Crippen LogP contribution in [0.4, 0.5) is 0 Å². The molecule has 0 bridgehead atoms. The molecule has 0 aliphatic heterocycles. The first-order chi connectivity index (χ1) is 9.22. The van der Waals surface area contributed by atoms with E-state index < -0.39 is 0 Å². The van der Waals surface area contributed by atoms with Crippen molar-refractivity contribution in [3.05, 3.63) is 35.5 Å². The summed E-state index contributed by atoms with van der Waals surface area (Å²) in [6.07, 6.45) is 0. The smallest absolute Gasteiger partial charge is 0.253 e. The van der Waals surface area contributed by atoms with E-state index in [1.807, 2.05) is 25.2 Å². The van der Waals surface area contributed by atoms with Gasteiger partial charge >= 0.3 is 0 Å². The molecule has 1 heterocycles.